The Kier molecular flexibility index (Phi) is 5.39. The molecule has 0 spiro atoms. The van der Waals surface area contributed by atoms with Crippen molar-refractivity contribution in [3.63, 3.8) is 0 Å². The molecule has 0 bridgehead atoms. The van der Waals surface area contributed by atoms with Gasteiger partial charge in [-0.15, -0.1) is 22.7 Å². The van der Waals surface area contributed by atoms with Crippen LogP contribution < -0.4 is 0 Å². The molecule has 0 fully saturated rings. The molecular formula is C15H20OS2. The predicted octanol–water partition coefficient (Wildman–Crippen LogP) is 5.68. The van der Waals surface area contributed by atoms with Crippen LogP contribution in [0.5, 0.6) is 0 Å². The van der Waals surface area contributed by atoms with Crippen molar-refractivity contribution in [1.29, 1.82) is 0 Å². The van der Waals surface area contributed by atoms with Gasteiger partial charge in [0, 0.05) is 9.40 Å². The molecule has 0 aliphatic heterocycles. The van der Waals surface area contributed by atoms with Gasteiger partial charge in [0.05, 0.1) is 4.88 Å². The van der Waals surface area contributed by atoms with E-state index in [1.165, 1.54) is 53.5 Å². The molecule has 0 aromatic carbocycles. The molecule has 18 heavy (non-hydrogen) atoms. The Labute approximate surface area is 117 Å². The molecule has 0 unspecified atom stereocenters. The third-order valence-corrected chi connectivity index (χ3v) is 5.53. The summed E-state index contributed by atoms with van der Waals surface area (Å²) < 4.78 is 2.62. The summed E-state index contributed by atoms with van der Waals surface area (Å²) in [5, 5.41) is 2.13. The lowest BCUT2D eigenvalue weighted by atomic mass is 10.1. The van der Waals surface area contributed by atoms with Crippen LogP contribution in [0.4, 0.5) is 0 Å². The highest BCUT2D eigenvalue weighted by Gasteiger charge is 2.12. The van der Waals surface area contributed by atoms with Crippen molar-refractivity contribution >= 4 is 38.4 Å². The number of hydrogen-bond donors (Lipinski definition) is 0. The fourth-order valence-electron chi connectivity index (χ4n) is 2.30. The second-order valence-electron chi connectivity index (χ2n) is 4.69. The van der Waals surface area contributed by atoms with Crippen LogP contribution in [-0.2, 0) is 6.42 Å². The van der Waals surface area contributed by atoms with E-state index in [9.17, 15) is 4.79 Å². The highest BCUT2D eigenvalue weighted by molar-refractivity contribution is 7.28. The van der Waals surface area contributed by atoms with Gasteiger partial charge in [-0.1, -0.05) is 39.0 Å². The van der Waals surface area contributed by atoms with Crippen LogP contribution in [0.3, 0.4) is 0 Å². The summed E-state index contributed by atoms with van der Waals surface area (Å²) in [5.74, 6) is 0. The normalized spacial score (nSPS) is 11.2. The largest absolute Gasteiger partial charge is 0.297 e. The number of fused-ring (bicyclic) bond motifs is 1. The van der Waals surface area contributed by atoms with Gasteiger partial charge < -0.3 is 0 Å². The van der Waals surface area contributed by atoms with Crippen molar-refractivity contribution in [3.05, 3.63) is 21.9 Å². The molecule has 2 aromatic rings. The summed E-state index contributed by atoms with van der Waals surface area (Å²) in [6.07, 6.45) is 9.96. The zero-order valence-corrected chi connectivity index (χ0v) is 12.5. The molecular weight excluding hydrogens is 260 g/mol. The summed E-state index contributed by atoms with van der Waals surface area (Å²) in [5.41, 5.74) is 1.30. The molecule has 3 heteroatoms. The van der Waals surface area contributed by atoms with Crippen molar-refractivity contribution < 1.29 is 4.79 Å². The third kappa shape index (κ3) is 3.21. The Morgan fingerprint density at radius 2 is 1.94 bits per heavy atom. The Morgan fingerprint density at radius 1 is 1.17 bits per heavy atom. The van der Waals surface area contributed by atoms with E-state index in [0.717, 1.165) is 17.6 Å². The monoisotopic (exact) mass is 280 g/mol. The van der Waals surface area contributed by atoms with Crippen molar-refractivity contribution in [2.45, 2.75) is 51.9 Å². The Hall–Kier alpha value is -0.670. The van der Waals surface area contributed by atoms with Crippen LogP contribution in [0.2, 0.25) is 0 Å². The molecule has 2 rings (SSSR count). The highest BCUT2D eigenvalue weighted by atomic mass is 32.1. The second kappa shape index (κ2) is 7.05. The van der Waals surface area contributed by atoms with Crippen LogP contribution in [-0.4, -0.2) is 6.29 Å². The van der Waals surface area contributed by atoms with Crippen LogP contribution in [0.15, 0.2) is 11.4 Å². The maximum Gasteiger partial charge on any atom is 0.160 e. The van der Waals surface area contributed by atoms with Crippen molar-refractivity contribution in [1.82, 2.24) is 0 Å². The van der Waals surface area contributed by atoms with E-state index in [1.54, 1.807) is 22.7 Å². The van der Waals surface area contributed by atoms with Gasteiger partial charge in [0.2, 0.25) is 0 Å². The number of hydrogen-bond acceptors (Lipinski definition) is 3. The SMILES string of the molecule is CCCCCCCCc1c(C=O)sc2ccsc12. The first-order valence-electron chi connectivity index (χ1n) is 6.81. The Morgan fingerprint density at radius 3 is 2.72 bits per heavy atom. The third-order valence-electron chi connectivity index (χ3n) is 3.31. The molecule has 0 aliphatic rings. The standard InChI is InChI=1S/C15H20OS2/c1-2-3-4-5-6-7-8-12-14(11-16)18-13-9-10-17-15(12)13/h9-11H,2-8H2,1H3. The van der Waals surface area contributed by atoms with E-state index >= 15 is 0 Å². The summed E-state index contributed by atoms with van der Waals surface area (Å²) in [6, 6.07) is 2.13. The van der Waals surface area contributed by atoms with Crippen molar-refractivity contribution in [2.75, 3.05) is 0 Å². The molecule has 0 N–H and O–H groups in total. The minimum absolute atomic E-state index is 0.949. The number of thiophene rings is 2. The van der Waals surface area contributed by atoms with Gasteiger partial charge in [-0.2, -0.15) is 0 Å². The molecule has 0 saturated carbocycles. The van der Waals surface area contributed by atoms with Crippen LogP contribution >= 0.6 is 22.7 Å². The Bertz CT molecular complexity index is 496. The van der Waals surface area contributed by atoms with E-state index in [0.29, 0.717) is 0 Å². The van der Waals surface area contributed by atoms with E-state index in [4.69, 9.17) is 0 Å². The summed E-state index contributed by atoms with van der Waals surface area (Å²) in [6.45, 7) is 2.25. The average Bonchev–Trinajstić information content (AvgIpc) is 2.94. The van der Waals surface area contributed by atoms with Gasteiger partial charge in [-0.05, 0) is 29.9 Å². The minimum atomic E-state index is 0.949. The number of carbonyl (C=O) groups is 1. The maximum atomic E-state index is 11.1. The summed E-state index contributed by atoms with van der Waals surface area (Å²) >= 11 is 3.42. The van der Waals surface area contributed by atoms with Gasteiger partial charge in [-0.3, -0.25) is 4.79 Å². The first-order chi connectivity index (χ1) is 8.86. The predicted molar refractivity (Wildman–Crippen MR) is 82.2 cm³/mol. The number of carbonyl (C=O) groups excluding carboxylic acids is 1. The molecule has 0 saturated heterocycles. The minimum Gasteiger partial charge on any atom is -0.297 e. The molecule has 0 radical (unpaired) electrons. The fraction of sp³-hybridized carbons (Fsp3) is 0.533. The van der Waals surface area contributed by atoms with Gasteiger partial charge in [0.15, 0.2) is 6.29 Å². The first kappa shape index (κ1) is 13.8. The lowest BCUT2D eigenvalue weighted by Crippen LogP contribution is -1.88. The number of unbranched alkanes of at least 4 members (excludes halogenated alkanes) is 5. The molecule has 0 aliphatic carbocycles. The lowest BCUT2D eigenvalue weighted by Gasteiger charge is -2.01. The maximum absolute atomic E-state index is 11.1. The summed E-state index contributed by atoms with van der Waals surface area (Å²) in [7, 11) is 0. The van der Waals surface area contributed by atoms with E-state index in [1.807, 2.05) is 0 Å². The zero-order valence-electron chi connectivity index (χ0n) is 10.9. The van der Waals surface area contributed by atoms with Gasteiger partial charge in [-0.25, -0.2) is 0 Å². The average molecular weight is 280 g/mol. The van der Waals surface area contributed by atoms with Gasteiger partial charge in [0.25, 0.3) is 0 Å². The smallest absolute Gasteiger partial charge is 0.160 e. The Balaban J connectivity index is 1.90. The van der Waals surface area contributed by atoms with Crippen LogP contribution in [0.1, 0.15) is 60.7 Å². The van der Waals surface area contributed by atoms with E-state index < -0.39 is 0 Å². The van der Waals surface area contributed by atoms with Gasteiger partial charge >= 0.3 is 0 Å². The zero-order chi connectivity index (χ0) is 12.8. The topological polar surface area (TPSA) is 17.1 Å². The van der Waals surface area contributed by atoms with Crippen molar-refractivity contribution in [2.24, 2.45) is 0 Å². The van der Waals surface area contributed by atoms with Crippen LogP contribution in [0.25, 0.3) is 9.40 Å². The molecule has 0 amide bonds. The molecule has 2 aromatic heterocycles. The molecule has 1 nitrogen and oxygen atoms in total. The molecule has 2 heterocycles. The first-order valence-corrected chi connectivity index (χ1v) is 8.50. The van der Waals surface area contributed by atoms with Gasteiger partial charge in [0.1, 0.15) is 0 Å². The second-order valence-corrected chi connectivity index (χ2v) is 6.69. The van der Waals surface area contributed by atoms with Crippen LogP contribution in [0, 0.1) is 0 Å². The van der Waals surface area contributed by atoms with E-state index in [-0.39, 0.29) is 0 Å². The summed E-state index contributed by atoms with van der Waals surface area (Å²) in [4.78, 5) is 12.0. The molecule has 98 valence electrons. The van der Waals surface area contributed by atoms with Crippen molar-refractivity contribution in [3.8, 4) is 0 Å². The quantitative estimate of drug-likeness (QED) is 0.449. The number of rotatable bonds is 8. The highest BCUT2D eigenvalue weighted by Crippen LogP contribution is 2.35. The lowest BCUT2D eigenvalue weighted by molar-refractivity contribution is 0.112. The number of aryl methyl sites for hydroxylation is 1. The molecule has 0 atom stereocenters. The fourth-order valence-corrected chi connectivity index (χ4v) is 4.57. The number of aldehydes is 1. The van der Waals surface area contributed by atoms with E-state index in [2.05, 4.69) is 18.4 Å².